The van der Waals surface area contributed by atoms with Crippen molar-refractivity contribution in [2.24, 2.45) is 0 Å². The summed E-state index contributed by atoms with van der Waals surface area (Å²) in [6.07, 6.45) is 0. The molecule has 1 aromatic carbocycles. The molecule has 0 saturated heterocycles. The summed E-state index contributed by atoms with van der Waals surface area (Å²) in [4.78, 5) is 21.1. The summed E-state index contributed by atoms with van der Waals surface area (Å²) in [5.41, 5.74) is 0.159. The van der Waals surface area contributed by atoms with Crippen molar-refractivity contribution in [1.82, 2.24) is 0 Å². The van der Waals surface area contributed by atoms with E-state index in [0.717, 1.165) is 6.07 Å². The number of nitro groups is 1. The highest BCUT2D eigenvalue weighted by Gasteiger charge is 2.13. The van der Waals surface area contributed by atoms with Gasteiger partial charge in [-0.1, -0.05) is 11.6 Å². The van der Waals surface area contributed by atoms with E-state index >= 15 is 0 Å². The van der Waals surface area contributed by atoms with E-state index in [4.69, 9.17) is 23.2 Å². The fraction of sp³-hybridized carbons (Fsp3) is 0.222. The number of nitro benzene ring substituents is 1. The summed E-state index contributed by atoms with van der Waals surface area (Å²) in [7, 11) is 0. The van der Waals surface area contributed by atoms with Crippen LogP contribution in [-0.4, -0.2) is 16.2 Å². The summed E-state index contributed by atoms with van der Waals surface area (Å²) in [5, 5.41) is 12.3. The van der Waals surface area contributed by atoms with Gasteiger partial charge < -0.3 is 5.32 Å². The van der Waals surface area contributed by atoms with E-state index in [0.29, 0.717) is 5.69 Å². The van der Waals surface area contributed by atoms with E-state index in [9.17, 15) is 14.9 Å². The molecule has 0 aliphatic carbocycles. The number of benzene rings is 1. The first-order valence-electron chi connectivity index (χ1n) is 4.30. The second kappa shape index (κ2) is 5.14. The predicted octanol–water partition coefficient (Wildman–Crippen LogP) is 2.81. The molecule has 0 heterocycles. The molecule has 0 aliphatic rings. The molecule has 1 amide bonds. The first-order chi connectivity index (χ1) is 7.41. The molecule has 1 aromatic rings. The van der Waals surface area contributed by atoms with E-state index in [1.54, 1.807) is 0 Å². The number of hydrogen-bond acceptors (Lipinski definition) is 3. The third-order valence-corrected chi connectivity index (χ3v) is 2.29. The molecule has 5 nitrogen and oxygen atoms in total. The maximum Gasteiger partial charge on any atom is 0.271 e. The minimum Gasteiger partial charge on any atom is -0.323 e. The number of non-ortho nitro benzene ring substituents is 1. The van der Waals surface area contributed by atoms with E-state index < -0.39 is 16.2 Å². The van der Waals surface area contributed by atoms with E-state index in [-0.39, 0.29) is 10.7 Å². The normalized spacial score (nSPS) is 11.9. The van der Waals surface area contributed by atoms with Crippen molar-refractivity contribution in [3.8, 4) is 0 Å². The molecule has 0 radical (unpaired) electrons. The molecule has 7 heteroatoms. The van der Waals surface area contributed by atoms with Gasteiger partial charge in [0.05, 0.1) is 15.6 Å². The summed E-state index contributed by atoms with van der Waals surface area (Å²) in [6, 6.07) is 3.77. The number of rotatable bonds is 3. The van der Waals surface area contributed by atoms with Crippen molar-refractivity contribution in [1.29, 1.82) is 0 Å². The van der Waals surface area contributed by atoms with Crippen LogP contribution in [0.3, 0.4) is 0 Å². The topological polar surface area (TPSA) is 72.2 Å². The molecule has 0 bridgehead atoms. The number of carbonyl (C=O) groups is 1. The van der Waals surface area contributed by atoms with Crippen LogP contribution < -0.4 is 5.32 Å². The quantitative estimate of drug-likeness (QED) is 0.517. The molecule has 86 valence electrons. The molecule has 0 saturated carbocycles. The number of amides is 1. The van der Waals surface area contributed by atoms with Crippen molar-refractivity contribution in [2.45, 2.75) is 12.3 Å². The van der Waals surface area contributed by atoms with E-state index in [1.165, 1.54) is 19.1 Å². The van der Waals surface area contributed by atoms with Gasteiger partial charge in [-0.2, -0.15) is 0 Å². The van der Waals surface area contributed by atoms with Crippen molar-refractivity contribution in [2.75, 3.05) is 5.32 Å². The molecule has 1 rings (SSSR count). The number of nitrogens with zero attached hydrogens (tertiary/aromatic N) is 1. The summed E-state index contributed by atoms with van der Waals surface area (Å²) >= 11 is 11.3. The van der Waals surface area contributed by atoms with Crippen LogP contribution in [-0.2, 0) is 4.79 Å². The van der Waals surface area contributed by atoms with Crippen molar-refractivity contribution in [3.63, 3.8) is 0 Å². The van der Waals surface area contributed by atoms with Crippen LogP contribution in [0.15, 0.2) is 18.2 Å². The molecule has 0 fully saturated rings. The Bertz CT molecular complexity index is 435. The van der Waals surface area contributed by atoms with Gasteiger partial charge in [-0.15, -0.1) is 11.6 Å². The van der Waals surface area contributed by atoms with Gasteiger partial charge in [-0.05, 0) is 13.0 Å². The zero-order valence-corrected chi connectivity index (χ0v) is 9.75. The average molecular weight is 263 g/mol. The lowest BCUT2D eigenvalue weighted by Gasteiger charge is -2.07. The van der Waals surface area contributed by atoms with Gasteiger partial charge in [-0.25, -0.2) is 0 Å². The molecule has 16 heavy (non-hydrogen) atoms. The first-order valence-corrected chi connectivity index (χ1v) is 5.12. The van der Waals surface area contributed by atoms with Crippen LogP contribution in [0, 0.1) is 10.1 Å². The minimum atomic E-state index is -0.703. The number of carbonyl (C=O) groups excluding carboxylic acids is 1. The van der Waals surface area contributed by atoms with E-state index in [2.05, 4.69) is 5.32 Å². The highest BCUT2D eigenvalue weighted by molar-refractivity contribution is 6.35. The Morgan fingerprint density at radius 2 is 2.19 bits per heavy atom. The van der Waals surface area contributed by atoms with Gasteiger partial charge in [0.1, 0.15) is 5.38 Å². The molecular weight excluding hydrogens is 255 g/mol. The Balaban J connectivity index is 2.91. The second-order valence-corrected chi connectivity index (χ2v) is 4.09. The summed E-state index contributed by atoms with van der Waals surface area (Å²) < 4.78 is 0. The fourth-order valence-electron chi connectivity index (χ4n) is 0.951. The monoisotopic (exact) mass is 262 g/mol. The van der Waals surface area contributed by atoms with Gasteiger partial charge in [0.25, 0.3) is 5.69 Å². The Labute approximate surface area is 101 Å². The number of hydrogen-bond donors (Lipinski definition) is 1. The molecule has 1 unspecified atom stereocenters. The highest BCUT2D eigenvalue weighted by Crippen LogP contribution is 2.26. The minimum absolute atomic E-state index is 0.0971. The van der Waals surface area contributed by atoms with Crippen LogP contribution in [0.4, 0.5) is 11.4 Å². The van der Waals surface area contributed by atoms with Crippen molar-refractivity contribution in [3.05, 3.63) is 33.3 Å². The van der Waals surface area contributed by atoms with Gasteiger partial charge in [0.15, 0.2) is 0 Å². The van der Waals surface area contributed by atoms with Crippen LogP contribution in [0.25, 0.3) is 0 Å². The van der Waals surface area contributed by atoms with Crippen LogP contribution in [0.5, 0.6) is 0 Å². The number of nitrogens with one attached hydrogen (secondary N) is 1. The smallest absolute Gasteiger partial charge is 0.271 e. The average Bonchev–Trinajstić information content (AvgIpc) is 2.20. The Kier molecular flexibility index (Phi) is 4.09. The van der Waals surface area contributed by atoms with Crippen LogP contribution in [0.2, 0.25) is 5.02 Å². The van der Waals surface area contributed by atoms with Gasteiger partial charge in [0, 0.05) is 12.1 Å². The predicted molar refractivity (Wildman–Crippen MR) is 62.1 cm³/mol. The lowest BCUT2D eigenvalue weighted by Crippen LogP contribution is -2.20. The largest absolute Gasteiger partial charge is 0.323 e. The zero-order valence-electron chi connectivity index (χ0n) is 8.24. The van der Waals surface area contributed by atoms with Gasteiger partial charge in [-0.3, -0.25) is 14.9 Å². The third-order valence-electron chi connectivity index (χ3n) is 1.78. The fourth-order valence-corrected chi connectivity index (χ4v) is 1.23. The van der Waals surface area contributed by atoms with E-state index in [1.807, 2.05) is 0 Å². The second-order valence-electron chi connectivity index (χ2n) is 3.03. The van der Waals surface area contributed by atoms with Gasteiger partial charge in [0.2, 0.25) is 5.91 Å². The molecule has 0 spiro atoms. The molecule has 0 aromatic heterocycles. The number of alkyl halides is 1. The highest BCUT2D eigenvalue weighted by atomic mass is 35.5. The SMILES string of the molecule is CC(Cl)C(=O)Nc1ccc([N+](=O)[O-])cc1Cl. The maximum atomic E-state index is 11.2. The lowest BCUT2D eigenvalue weighted by atomic mass is 10.2. The molecule has 1 N–H and O–H groups in total. The number of halogens is 2. The maximum absolute atomic E-state index is 11.2. The Morgan fingerprint density at radius 1 is 1.56 bits per heavy atom. The Morgan fingerprint density at radius 3 is 2.62 bits per heavy atom. The molecule has 0 aliphatic heterocycles. The molecular formula is C9H8Cl2N2O3. The molecule has 1 atom stereocenters. The van der Waals surface area contributed by atoms with Crippen LogP contribution in [0.1, 0.15) is 6.92 Å². The summed E-state index contributed by atoms with van der Waals surface area (Å²) in [6.45, 7) is 1.51. The van der Waals surface area contributed by atoms with Crippen molar-refractivity contribution < 1.29 is 9.72 Å². The van der Waals surface area contributed by atoms with Crippen molar-refractivity contribution >= 4 is 40.5 Å². The number of anilines is 1. The Hall–Kier alpha value is -1.33. The third kappa shape index (κ3) is 3.08. The first kappa shape index (κ1) is 12.7. The summed E-state index contributed by atoms with van der Waals surface area (Å²) in [5.74, 6) is -0.419. The van der Waals surface area contributed by atoms with Gasteiger partial charge >= 0.3 is 0 Å². The lowest BCUT2D eigenvalue weighted by molar-refractivity contribution is -0.384. The zero-order chi connectivity index (χ0) is 12.3. The van der Waals surface area contributed by atoms with Crippen LogP contribution >= 0.6 is 23.2 Å². The standard InChI is InChI=1S/C9H8Cl2N2O3/c1-5(10)9(14)12-8-3-2-6(13(15)16)4-7(8)11/h2-5H,1H3,(H,12,14).